The highest BCUT2D eigenvalue weighted by Crippen LogP contribution is 2.33. The molecule has 0 saturated carbocycles. The van der Waals surface area contributed by atoms with Crippen molar-refractivity contribution in [1.29, 1.82) is 0 Å². The topological polar surface area (TPSA) is 67.9 Å². The fraction of sp³-hybridized carbons (Fsp3) is 0.440. The molecule has 0 radical (unpaired) electrons. The molecule has 0 spiro atoms. The van der Waals surface area contributed by atoms with E-state index in [2.05, 4.69) is 5.32 Å². The van der Waals surface area contributed by atoms with Crippen LogP contribution in [0.4, 0.5) is 0 Å². The normalized spacial score (nSPS) is 19.6. The minimum Gasteiger partial charge on any atom is -0.374 e. The molecule has 2 amide bonds. The number of carbonyl (C=O) groups is 2. The van der Waals surface area contributed by atoms with Gasteiger partial charge in [-0.15, -0.1) is 0 Å². The lowest BCUT2D eigenvalue weighted by atomic mass is 9.90. The second kappa shape index (κ2) is 10.1. The van der Waals surface area contributed by atoms with E-state index >= 15 is 0 Å². The summed E-state index contributed by atoms with van der Waals surface area (Å²) in [5, 5.41) is 2.78. The van der Waals surface area contributed by atoms with E-state index in [9.17, 15) is 9.59 Å². The minimum atomic E-state index is -0.583. The van der Waals surface area contributed by atoms with Crippen molar-refractivity contribution in [2.75, 3.05) is 13.2 Å². The lowest BCUT2D eigenvalue weighted by Crippen LogP contribution is -2.73. The fourth-order valence-corrected chi connectivity index (χ4v) is 3.72. The molecule has 1 aliphatic heterocycles. The fourth-order valence-electron chi connectivity index (χ4n) is 3.72. The number of β-lactam (4-membered cyclic amide) rings is 1. The maximum absolute atomic E-state index is 13.1. The third kappa shape index (κ3) is 6.15. The van der Waals surface area contributed by atoms with E-state index in [1.165, 1.54) is 6.92 Å². The number of likely N-dealkylation sites (tertiary alicyclic amines) is 1. The number of ether oxygens (including phenoxy) is 2. The highest BCUT2D eigenvalue weighted by Gasteiger charge is 2.51. The van der Waals surface area contributed by atoms with Crippen molar-refractivity contribution in [1.82, 2.24) is 10.2 Å². The van der Waals surface area contributed by atoms with Gasteiger partial charge in [0.2, 0.25) is 11.8 Å². The van der Waals surface area contributed by atoms with Crippen molar-refractivity contribution in [2.45, 2.75) is 58.0 Å². The molecule has 0 bridgehead atoms. The Hall–Kier alpha value is -2.70. The Morgan fingerprint density at radius 1 is 1.06 bits per heavy atom. The summed E-state index contributed by atoms with van der Waals surface area (Å²) in [6.07, 6.45) is 0. The second-order valence-corrected chi connectivity index (χ2v) is 8.84. The number of benzene rings is 2. The Kier molecular flexibility index (Phi) is 7.46. The van der Waals surface area contributed by atoms with Crippen molar-refractivity contribution in [3.63, 3.8) is 0 Å². The van der Waals surface area contributed by atoms with Crippen molar-refractivity contribution in [3.8, 4) is 0 Å². The largest absolute Gasteiger partial charge is 0.374 e. The first-order valence-corrected chi connectivity index (χ1v) is 10.7. The highest BCUT2D eigenvalue weighted by molar-refractivity contribution is 5.93. The Balaban J connectivity index is 1.79. The number of hydrogen-bond donors (Lipinski definition) is 1. The van der Waals surface area contributed by atoms with Crippen LogP contribution in [-0.2, 0) is 25.7 Å². The van der Waals surface area contributed by atoms with Crippen molar-refractivity contribution in [2.24, 2.45) is 0 Å². The Morgan fingerprint density at radius 2 is 1.68 bits per heavy atom. The summed E-state index contributed by atoms with van der Waals surface area (Å²) in [4.78, 5) is 26.5. The predicted molar refractivity (Wildman–Crippen MR) is 119 cm³/mol. The van der Waals surface area contributed by atoms with Crippen LogP contribution in [0.5, 0.6) is 0 Å². The van der Waals surface area contributed by atoms with E-state index in [-0.39, 0.29) is 29.5 Å². The molecular weight excluding hydrogens is 392 g/mol. The van der Waals surface area contributed by atoms with E-state index in [4.69, 9.17) is 9.47 Å². The third-order valence-electron chi connectivity index (χ3n) is 5.22. The average molecular weight is 425 g/mol. The Morgan fingerprint density at radius 3 is 2.26 bits per heavy atom. The number of carbonyl (C=O) groups excluding carboxylic acids is 2. The van der Waals surface area contributed by atoms with Crippen LogP contribution in [0, 0.1) is 0 Å². The van der Waals surface area contributed by atoms with Gasteiger partial charge >= 0.3 is 0 Å². The van der Waals surface area contributed by atoms with Gasteiger partial charge in [0.1, 0.15) is 6.04 Å². The smallest absolute Gasteiger partial charge is 0.248 e. The maximum atomic E-state index is 13.1. The highest BCUT2D eigenvalue weighted by atomic mass is 16.5. The van der Waals surface area contributed by atoms with E-state index in [0.717, 1.165) is 11.1 Å². The average Bonchev–Trinajstić information content (AvgIpc) is 2.74. The Bertz CT molecular complexity index is 864. The molecule has 31 heavy (non-hydrogen) atoms. The lowest BCUT2D eigenvalue weighted by molar-refractivity contribution is -0.168. The maximum Gasteiger partial charge on any atom is 0.248 e. The zero-order valence-corrected chi connectivity index (χ0v) is 18.7. The van der Waals surface area contributed by atoms with Crippen LogP contribution >= 0.6 is 0 Å². The van der Waals surface area contributed by atoms with Gasteiger partial charge in [-0.2, -0.15) is 0 Å². The van der Waals surface area contributed by atoms with Crippen LogP contribution in [0.15, 0.2) is 60.7 Å². The van der Waals surface area contributed by atoms with Crippen LogP contribution in [0.2, 0.25) is 0 Å². The van der Waals surface area contributed by atoms with Gasteiger partial charge in [-0.25, -0.2) is 0 Å². The van der Waals surface area contributed by atoms with Gasteiger partial charge in [0.05, 0.1) is 37.5 Å². The molecule has 166 valence electrons. The second-order valence-electron chi connectivity index (χ2n) is 8.84. The number of hydrogen-bond acceptors (Lipinski definition) is 4. The van der Waals surface area contributed by atoms with Gasteiger partial charge in [-0.3, -0.25) is 9.59 Å². The molecule has 3 rings (SSSR count). The molecule has 1 N–H and O–H groups in total. The van der Waals surface area contributed by atoms with E-state index < -0.39 is 6.04 Å². The lowest BCUT2D eigenvalue weighted by Gasteiger charge is -2.51. The monoisotopic (exact) mass is 424 g/mol. The molecule has 0 unspecified atom stereocenters. The minimum absolute atomic E-state index is 0.116. The van der Waals surface area contributed by atoms with Crippen LogP contribution in [0.3, 0.4) is 0 Å². The molecule has 6 nitrogen and oxygen atoms in total. The predicted octanol–water partition coefficient (Wildman–Crippen LogP) is 3.48. The molecule has 0 aliphatic carbocycles. The molecule has 3 atom stereocenters. The van der Waals surface area contributed by atoms with Crippen LogP contribution in [0.25, 0.3) is 0 Å². The summed E-state index contributed by atoms with van der Waals surface area (Å²) in [6.45, 7) is 8.50. The van der Waals surface area contributed by atoms with Gasteiger partial charge in [0.15, 0.2) is 0 Å². The first-order chi connectivity index (χ1) is 14.8. The SMILES string of the molecule is CC(=O)N[C@@H]1C(=O)N([C@H](COCc2ccccc2)c2ccccc2)[C@@H]1COC(C)(C)C. The molecule has 0 aromatic heterocycles. The summed E-state index contributed by atoms with van der Waals surface area (Å²) < 4.78 is 12.0. The van der Waals surface area contributed by atoms with Gasteiger partial charge in [0, 0.05) is 6.92 Å². The molecule has 6 heteroatoms. The summed E-state index contributed by atoms with van der Waals surface area (Å²) >= 11 is 0. The van der Waals surface area contributed by atoms with Gasteiger partial charge < -0.3 is 19.7 Å². The van der Waals surface area contributed by atoms with Gasteiger partial charge in [-0.05, 0) is 31.9 Å². The summed E-state index contributed by atoms with van der Waals surface area (Å²) in [6, 6.07) is 18.7. The van der Waals surface area contributed by atoms with Crippen LogP contribution < -0.4 is 5.32 Å². The first kappa shape index (κ1) is 23.0. The van der Waals surface area contributed by atoms with Gasteiger partial charge in [-0.1, -0.05) is 60.7 Å². The van der Waals surface area contributed by atoms with E-state index in [1.54, 1.807) is 4.90 Å². The third-order valence-corrected chi connectivity index (χ3v) is 5.22. The van der Waals surface area contributed by atoms with Gasteiger partial charge in [0.25, 0.3) is 0 Å². The summed E-state index contributed by atoms with van der Waals surface area (Å²) in [7, 11) is 0. The number of amides is 2. The van der Waals surface area contributed by atoms with Crippen molar-refractivity contribution < 1.29 is 19.1 Å². The number of nitrogens with zero attached hydrogens (tertiary/aromatic N) is 1. The quantitative estimate of drug-likeness (QED) is 0.626. The van der Waals surface area contributed by atoms with Crippen molar-refractivity contribution >= 4 is 11.8 Å². The molecule has 1 fully saturated rings. The molecule has 2 aromatic rings. The number of rotatable bonds is 9. The van der Waals surface area contributed by atoms with Crippen LogP contribution in [0.1, 0.15) is 44.9 Å². The van der Waals surface area contributed by atoms with E-state index in [1.807, 2.05) is 81.4 Å². The Labute approximate surface area is 184 Å². The summed E-state index contributed by atoms with van der Waals surface area (Å²) in [5.41, 5.74) is 1.72. The standard InChI is InChI=1S/C25H32N2O4/c1-18(28)26-23-22(17-31-25(2,3)4)27(24(23)29)21(20-13-9-6-10-14-20)16-30-15-19-11-7-5-8-12-19/h5-14,21-23H,15-17H2,1-4H3,(H,26,28)/t21-,22-,23+/m1/s1. The zero-order valence-electron chi connectivity index (χ0n) is 18.7. The van der Waals surface area contributed by atoms with E-state index in [0.29, 0.717) is 19.8 Å². The van der Waals surface area contributed by atoms with Crippen LogP contribution in [-0.4, -0.2) is 47.6 Å². The zero-order chi connectivity index (χ0) is 22.4. The summed E-state index contributed by atoms with van der Waals surface area (Å²) in [5.74, 6) is -0.342. The number of nitrogens with one attached hydrogen (secondary N) is 1. The molecule has 1 heterocycles. The molecular formula is C25H32N2O4. The molecule has 1 aliphatic rings. The van der Waals surface area contributed by atoms with Crippen molar-refractivity contribution in [3.05, 3.63) is 71.8 Å². The molecule has 2 aromatic carbocycles. The first-order valence-electron chi connectivity index (χ1n) is 10.7. The molecule has 1 saturated heterocycles.